The van der Waals surface area contributed by atoms with Crippen LogP contribution in [0.15, 0.2) is 22.7 Å². The van der Waals surface area contributed by atoms with Gasteiger partial charge in [-0.05, 0) is 47.0 Å². The number of imide groups is 1. The van der Waals surface area contributed by atoms with Crippen LogP contribution in [0.3, 0.4) is 0 Å². The van der Waals surface area contributed by atoms with Gasteiger partial charge in [0.15, 0.2) is 0 Å². The molecule has 1 fully saturated rings. The van der Waals surface area contributed by atoms with Crippen molar-refractivity contribution in [3.8, 4) is 0 Å². The van der Waals surface area contributed by atoms with E-state index in [0.717, 1.165) is 0 Å². The monoisotopic (exact) mass is 327 g/mol. The molecule has 0 spiro atoms. The predicted octanol–water partition coefficient (Wildman–Crippen LogP) is 3.66. The van der Waals surface area contributed by atoms with Crippen molar-refractivity contribution < 1.29 is 14.0 Å². The maximum Gasteiger partial charge on any atom is 0.240 e. The molecule has 5 heteroatoms. The second-order valence-electron chi connectivity index (χ2n) is 4.79. The molecule has 2 amide bonds. The molecule has 2 rings (SSSR count). The summed E-state index contributed by atoms with van der Waals surface area (Å²) in [5, 5.41) is 0. The van der Waals surface area contributed by atoms with Gasteiger partial charge in [-0.25, -0.2) is 9.29 Å². The van der Waals surface area contributed by atoms with E-state index in [1.165, 1.54) is 23.1 Å². The van der Waals surface area contributed by atoms with Gasteiger partial charge in [0.1, 0.15) is 5.82 Å². The summed E-state index contributed by atoms with van der Waals surface area (Å²) in [5.74, 6) is -0.817. The molecule has 0 saturated carbocycles. The van der Waals surface area contributed by atoms with Gasteiger partial charge >= 0.3 is 0 Å². The molecule has 1 saturated heterocycles. The van der Waals surface area contributed by atoms with E-state index in [2.05, 4.69) is 15.9 Å². The fourth-order valence-electron chi connectivity index (χ4n) is 2.50. The third-order valence-corrected chi connectivity index (χ3v) is 4.54. The Hall–Kier alpha value is -1.23. The van der Waals surface area contributed by atoms with E-state index in [1.807, 2.05) is 13.8 Å². The van der Waals surface area contributed by atoms with Gasteiger partial charge in [0.25, 0.3) is 0 Å². The zero-order valence-electron chi connectivity index (χ0n) is 10.9. The van der Waals surface area contributed by atoms with Gasteiger partial charge in [-0.15, -0.1) is 0 Å². The molecule has 19 heavy (non-hydrogen) atoms. The molecule has 0 atom stereocenters. The number of halogens is 2. The molecule has 1 aliphatic rings. The van der Waals surface area contributed by atoms with Crippen molar-refractivity contribution in [3.05, 3.63) is 28.5 Å². The third kappa shape index (κ3) is 2.20. The molecule has 0 aromatic heterocycles. The molecular formula is C14H15BrFNO2. The summed E-state index contributed by atoms with van der Waals surface area (Å²) >= 11 is 3.21. The van der Waals surface area contributed by atoms with Gasteiger partial charge in [-0.3, -0.25) is 9.59 Å². The van der Waals surface area contributed by atoms with E-state index in [9.17, 15) is 14.0 Å². The fourth-order valence-corrected chi connectivity index (χ4v) is 3.03. The van der Waals surface area contributed by atoms with Crippen LogP contribution in [0.1, 0.15) is 33.1 Å². The SMILES string of the molecule is CCC1(CC)CC(=O)N(c2ccc(F)cc2Br)C1=O. The summed E-state index contributed by atoms with van der Waals surface area (Å²) in [4.78, 5) is 25.9. The second kappa shape index (κ2) is 5.04. The Labute approximate surface area is 119 Å². The van der Waals surface area contributed by atoms with Crippen LogP contribution in [-0.2, 0) is 9.59 Å². The summed E-state index contributed by atoms with van der Waals surface area (Å²) < 4.78 is 13.5. The first kappa shape index (κ1) is 14.2. The number of amides is 2. The van der Waals surface area contributed by atoms with Crippen LogP contribution in [-0.4, -0.2) is 11.8 Å². The van der Waals surface area contributed by atoms with Gasteiger partial charge in [0, 0.05) is 10.9 Å². The van der Waals surface area contributed by atoms with Gasteiger partial charge < -0.3 is 0 Å². The molecule has 1 aromatic carbocycles. The van der Waals surface area contributed by atoms with Crippen molar-refractivity contribution in [1.82, 2.24) is 0 Å². The Morgan fingerprint density at radius 3 is 2.42 bits per heavy atom. The van der Waals surface area contributed by atoms with Gasteiger partial charge in [-0.2, -0.15) is 0 Å². The molecule has 1 aliphatic heterocycles. The minimum atomic E-state index is -0.606. The number of anilines is 1. The van der Waals surface area contributed by atoms with E-state index < -0.39 is 11.2 Å². The van der Waals surface area contributed by atoms with Crippen LogP contribution in [0.4, 0.5) is 10.1 Å². The highest BCUT2D eigenvalue weighted by Crippen LogP contribution is 2.42. The topological polar surface area (TPSA) is 37.4 Å². The number of rotatable bonds is 3. The quantitative estimate of drug-likeness (QED) is 0.794. The molecule has 102 valence electrons. The van der Waals surface area contributed by atoms with Gasteiger partial charge in [0.2, 0.25) is 11.8 Å². The van der Waals surface area contributed by atoms with Crippen molar-refractivity contribution in [2.45, 2.75) is 33.1 Å². The molecule has 1 heterocycles. The lowest BCUT2D eigenvalue weighted by Crippen LogP contribution is -2.35. The molecule has 1 aromatic rings. The van der Waals surface area contributed by atoms with Crippen LogP contribution in [0, 0.1) is 11.2 Å². The average molecular weight is 328 g/mol. The van der Waals surface area contributed by atoms with Crippen LogP contribution in [0.5, 0.6) is 0 Å². The molecule has 0 aliphatic carbocycles. The lowest BCUT2D eigenvalue weighted by Gasteiger charge is -2.24. The molecule has 3 nitrogen and oxygen atoms in total. The molecule has 0 bridgehead atoms. The van der Waals surface area contributed by atoms with E-state index in [4.69, 9.17) is 0 Å². The van der Waals surface area contributed by atoms with Gasteiger partial charge in [0.05, 0.1) is 11.1 Å². The predicted molar refractivity (Wildman–Crippen MR) is 74.2 cm³/mol. The van der Waals surface area contributed by atoms with Crippen LogP contribution in [0.25, 0.3) is 0 Å². The highest BCUT2D eigenvalue weighted by atomic mass is 79.9. The van der Waals surface area contributed by atoms with E-state index in [1.54, 1.807) is 0 Å². The Kier molecular flexibility index (Phi) is 3.76. The third-order valence-electron chi connectivity index (χ3n) is 3.90. The number of carbonyl (C=O) groups is 2. The zero-order valence-corrected chi connectivity index (χ0v) is 12.5. The Bertz CT molecular complexity index is 540. The summed E-state index contributed by atoms with van der Waals surface area (Å²) in [6.07, 6.45) is 1.48. The van der Waals surface area contributed by atoms with Crippen LogP contribution in [0.2, 0.25) is 0 Å². The number of hydrogen-bond donors (Lipinski definition) is 0. The van der Waals surface area contributed by atoms with Crippen molar-refractivity contribution in [1.29, 1.82) is 0 Å². The van der Waals surface area contributed by atoms with E-state index in [-0.39, 0.29) is 18.2 Å². The normalized spacial score (nSPS) is 18.2. The van der Waals surface area contributed by atoms with Crippen molar-refractivity contribution in [3.63, 3.8) is 0 Å². The standard InChI is InChI=1S/C14H15BrFNO2/c1-3-14(4-2)8-12(18)17(13(14)19)11-6-5-9(16)7-10(11)15/h5-7H,3-4,8H2,1-2H3. The minimum Gasteiger partial charge on any atom is -0.274 e. The Balaban J connectivity index is 2.46. The number of carbonyl (C=O) groups excluding carboxylic acids is 2. The maximum absolute atomic E-state index is 13.1. The van der Waals surface area contributed by atoms with E-state index in [0.29, 0.717) is 23.0 Å². The van der Waals surface area contributed by atoms with Crippen molar-refractivity contribution >= 4 is 33.4 Å². The summed E-state index contributed by atoms with van der Waals surface area (Å²) in [7, 11) is 0. The first-order valence-corrected chi connectivity index (χ1v) is 7.07. The molecule has 0 N–H and O–H groups in total. The smallest absolute Gasteiger partial charge is 0.240 e. The van der Waals surface area contributed by atoms with Crippen molar-refractivity contribution in [2.75, 3.05) is 4.90 Å². The second-order valence-corrected chi connectivity index (χ2v) is 5.65. The maximum atomic E-state index is 13.1. The molecular weight excluding hydrogens is 313 g/mol. The molecule has 0 unspecified atom stereocenters. The Morgan fingerprint density at radius 2 is 1.95 bits per heavy atom. The zero-order chi connectivity index (χ0) is 14.2. The average Bonchev–Trinajstić information content (AvgIpc) is 2.62. The van der Waals surface area contributed by atoms with Gasteiger partial charge in [-0.1, -0.05) is 13.8 Å². The van der Waals surface area contributed by atoms with E-state index >= 15 is 0 Å². The number of hydrogen-bond acceptors (Lipinski definition) is 2. The number of benzene rings is 1. The van der Waals surface area contributed by atoms with Crippen molar-refractivity contribution in [2.24, 2.45) is 5.41 Å². The Morgan fingerprint density at radius 1 is 1.32 bits per heavy atom. The first-order chi connectivity index (χ1) is 8.95. The highest BCUT2D eigenvalue weighted by Gasteiger charge is 2.49. The summed E-state index contributed by atoms with van der Waals surface area (Å²) in [6.45, 7) is 3.83. The minimum absolute atomic E-state index is 0.185. The highest BCUT2D eigenvalue weighted by molar-refractivity contribution is 9.10. The largest absolute Gasteiger partial charge is 0.274 e. The summed E-state index contributed by atoms with van der Waals surface area (Å²) in [6, 6.07) is 3.96. The summed E-state index contributed by atoms with van der Waals surface area (Å²) in [5.41, 5.74) is -0.189. The molecule has 0 radical (unpaired) electrons. The fraction of sp³-hybridized carbons (Fsp3) is 0.429. The number of nitrogens with zero attached hydrogens (tertiary/aromatic N) is 1. The lowest BCUT2D eigenvalue weighted by atomic mass is 9.81. The lowest BCUT2D eigenvalue weighted by molar-refractivity contribution is -0.126. The first-order valence-electron chi connectivity index (χ1n) is 6.27. The van der Waals surface area contributed by atoms with Crippen LogP contribution < -0.4 is 4.90 Å². The van der Waals surface area contributed by atoms with Crippen LogP contribution >= 0.6 is 15.9 Å².